The summed E-state index contributed by atoms with van der Waals surface area (Å²) in [6, 6.07) is 0. The van der Waals surface area contributed by atoms with Crippen LogP contribution in [-0.2, 0) is 11.3 Å². The maximum absolute atomic E-state index is 5.73. The van der Waals surface area contributed by atoms with Gasteiger partial charge in [0.25, 0.3) is 0 Å². The van der Waals surface area contributed by atoms with Crippen molar-refractivity contribution in [3.63, 3.8) is 0 Å². The summed E-state index contributed by atoms with van der Waals surface area (Å²) in [5.74, 6) is 0.818. The molecule has 0 aliphatic carbocycles. The lowest BCUT2D eigenvalue weighted by Gasteiger charge is -2.38. The van der Waals surface area contributed by atoms with E-state index in [1.165, 1.54) is 5.56 Å². The molecule has 0 amide bonds. The molecular formula is C15H26N4O. The van der Waals surface area contributed by atoms with Crippen LogP contribution in [0.5, 0.6) is 0 Å². The monoisotopic (exact) mass is 278 g/mol. The molecule has 20 heavy (non-hydrogen) atoms. The Morgan fingerprint density at radius 3 is 2.90 bits per heavy atom. The molecular weight excluding hydrogens is 252 g/mol. The summed E-state index contributed by atoms with van der Waals surface area (Å²) in [4.78, 5) is 11.4. The van der Waals surface area contributed by atoms with Gasteiger partial charge in [0.1, 0.15) is 0 Å². The smallest absolute Gasteiger partial charge is 0.225 e. The Morgan fingerprint density at radius 1 is 1.45 bits per heavy atom. The maximum atomic E-state index is 5.73. The number of anilines is 1. The van der Waals surface area contributed by atoms with Crippen LogP contribution in [-0.4, -0.2) is 41.8 Å². The Kier molecular flexibility index (Phi) is 4.94. The number of aromatic nitrogens is 2. The van der Waals surface area contributed by atoms with Crippen LogP contribution in [0.4, 0.5) is 5.95 Å². The molecule has 1 N–H and O–H groups in total. The van der Waals surface area contributed by atoms with E-state index in [0.29, 0.717) is 0 Å². The number of aryl methyl sites for hydroxylation is 1. The zero-order valence-corrected chi connectivity index (χ0v) is 13.1. The lowest BCUT2D eigenvalue weighted by Crippen LogP contribution is -2.49. The van der Waals surface area contributed by atoms with Crippen LogP contribution in [0.15, 0.2) is 6.20 Å². The number of nitrogens with one attached hydrogen (secondary N) is 1. The van der Waals surface area contributed by atoms with Crippen molar-refractivity contribution in [2.75, 3.05) is 31.1 Å². The van der Waals surface area contributed by atoms with Crippen LogP contribution in [0.3, 0.4) is 0 Å². The van der Waals surface area contributed by atoms with E-state index in [1.807, 2.05) is 6.20 Å². The van der Waals surface area contributed by atoms with Crippen LogP contribution < -0.4 is 10.2 Å². The van der Waals surface area contributed by atoms with Gasteiger partial charge >= 0.3 is 0 Å². The SMILES string of the molecule is CCCNCc1cnc(N2CCOC(C)(C)C2)nc1C. The molecule has 1 aromatic rings. The molecule has 1 fully saturated rings. The number of rotatable bonds is 5. The van der Waals surface area contributed by atoms with E-state index >= 15 is 0 Å². The van der Waals surface area contributed by atoms with E-state index in [4.69, 9.17) is 4.74 Å². The molecule has 0 saturated carbocycles. The van der Waals surface area contributed by atoms with Gasteiger partial charge in [-0.25, -0.2) is 9.97 Å². The third-order valence-electron chi connectivity index (χ3n) is 3.52. The van der Waals surface area contributed by atoms with Crippen molar-refractivity contribution >= 4 is 5.95 Å². The molecule has 0 aromatic carbocycles. The predicted octanol–water partition coefficient (Wildman–Crippen LogP) is 1.90. The first kappa shape index (κ1) is 15.2. The van der Waals surface area contributed by atoms with E-state index in [0.717, 1.165) is 50.8 Å². The van der Waals surface area contributed by atoms with E-state index in [-0.39, 0.29) is 5.60 Å². The van der Waals surface area contributed by atoms with Crippen LogP contribution in [0.1, 0.15) is 38.4 Å². The first-order valence-electron chi connectivity index (χ1n) is 7.44. The molecule has 1 aliphatic heterocycles. The lowest BCUT2D eigenvalue weighted by atomic mass is 10.1. The Balaban J connectivity index is 2.04. The minimum atomic E-state index is -0.128. The largest absolute Gasteiger partial charge is 0.372 e. The van der Waals surface area contributed by atoms with Crippen LogP contribution in [0.2, 0.25) is 0 Å². The number of ether oxygens (including phenoxy) is 1. The molecule has 0 radical (unpaired) electrons. The van der Waals surface area contributed by atoms with Crippen LogP contribution in [0, 0.1) is 6.92 Å². The summed E-state index contributed by atoms with van der Waals surface area (Å²) < 4.78 is 5.73. The van der Waals surface area contributed by atoms with E-state index < -0.39 is 0 Å². The van der Waals surface area contributed by atoms with Gasteiger partial charge in [0.15, 0.2) is 0 Å². The molecule has 1 aromatic heterocycles. The molecule has 0 atom stereocenters. The van der Waals surface area contributed by atoms with Crippen molar-refractivity contribution < 1.29 is 4.74 Å². The highest BCUT2D eigenvalue weighted by Crippen LogP contribution is 2.20. The van der Waals surface area contributed by atoms with Gasteiger partial charge < -0.3 is 15.0 Å². The number of hydrogen-bond donors (Lipinski definition) is 1. The van der Waals surface area contributed by atoms with Crippen LogP contribution >= 0.6 is 0 Å². The third-order valence-corrected chi connectivity index (χ3v) is 3.52. The summed E-state index contributed by atoms with van der Waals surface area (Å²) in [5.41, 5.74) is 2.11. The summed E-state index contributed by atoms with van der Waals surface area (Å²) in [6.45, 7) is 12.7. The summed E-state index contributed by atoms with van der Waals surface area (Å²) in [7, 11) is 0. The standard InChI is InChI=1S/C15H26N4O/c1-5-6-16-9-13-10-17-14(18-12(13)2)19-7-8-20-15(3,4)11-19/h10,16H,5-9,11H2,1-4H3. The number of hydrogen-bond acceptors (Lipinski definition) is 5. The molecule has 0 bridgehead atoms. The zero-order chi connectivity index (χ0) is 14.6. The number of morpholine rings is 1. The van der Waals surface area contributed by atoms with Crippen molar-refractivity contribution in [1.82, 2.24) is 15.3 Å². The van der Waals surface area contributed by atoms with Crippen molar-refractivity contribution in [2.24, 2.45) is 0 Å². The van der Waals surface area contributed by atoms with Crippen molar-refractivity contribution in [3.8, 4) is 0 Å². The van der Waals surface area contributed by atoms with Crippen LogP contribution in [0.25, 0.3) is 0 Å². The average Bonchev–Trinajstić information content (AvgIpc) is 2.39. The normalized spacial score (nSPS) is 18.3. The highest BCUT2D eigenvalue weighted by molar-refractivity contribution is 5.34. The minimum absolute atomic E-state index is 0.128. The minimum Gasteiger partial charge on any atom is -0.372 e. The lowest BCUT2D eigenvalue weighted by molar-refractivity contribution is -0.0281. The quantitative estimate of drug-likeness (QED) is 0.834. The average molecular weight is 278 g/mol. The van der Waals surface area contributed by atoms with E-state index in [2.05, 4.69) is 47.9 Å². The van der Waals surface area contributed by atoms with Gasteiger partial charge in [0.05, 0.1) is 12.2 Å². The molecule has 5 nitrogen and oxygen atoms in total. The fourth-order valence-corrected chi connectivity index (χ4v) is 2.39. The number of nitrogens with zero attached hydrogens (tertiary/aromatic N) is 3. The molecule has 0 spiro atoms. The Hall–Kier alpha value is -1.20. The van der Waals surface area contributed by atoms with Gasteiger partial charge in [0, 0.05) is 37.1 Å². The van der Waals surface area contributed by atoms with Gasteiger partial charge in [0.2, 0.25) is 5.95 Å². The Morgan fingerprint density at radius 2 is 2.25 bits per heavy atom. The summed E-state index contributed by atoms with van der Waals surface area (Å²) in [5, 5.41) is 3.39. The summed E-state index contributed by atoms with van der Waals surface area (Å²) >= 11 is 0. The Bertz CT molecular complexity index is 447. The molecule has 0 unspecified atom stereocenters. The summed E-state index contributed by atoms with van der Waals surface area (Å²) in [6.07, 6.45) is 3.09. The molecule has 5 heteroatoms. The van der Waals surface area contributed by atoms with Crippen molar-refractivity contribution in [2.45, 2.75) is 46.3 Å². The highest BCUT2D eigenvalue weighted by atomic mass is 16.5. The molecule has 1 aliphatic rings. The maximum Gasteiger partial charge on any atom is 0.225 e. The molecule has 2 rings (SSSR count). The van der Waals surface area contributed by atoms with Gasteiger partial charge in [-0.2, -0.15) is 0 Å². The van der Waals surface area contributed by atoms with Gasteiger partial charge in [-0.05, 0) is 33.7 Å². The van der Waals surface area contributed by atoms with E-state index in [1.54, 1.807) is 0 Å². The fourth-order valence-electron chi connectivity index (χ4n) is 2.39. The van der Waals surface area contributed by atoms with Gasteiger partial charge in [-0.15, -0.1) is 0 Å². The van der Waals surface area contributed by atoms with Gasteiger partial charge in [-0.1, -0.05) is 6.92 Å². The first-order valence-corrected chi connectivity index (χ1v) is 7.44. The fraction of sp³-hybridized carbons (Fsp3) is 0.733. The second-order valence-corrected chi connectivity index (χ2v) is 5.99. The second-order valence-electron chi connectivity index (χ2n) is 5.99. The predicted molar refractivity (Wildman–Crippen MR) is 81.0 cm³/mol. The van der Waals surface area contributed by atoms with Crippen molar-refractivity contribution in [1.29, 1.82) is 0 Å². The highest BCUT2D eigenvalue weighted by Gasteiger charge is 2.28. The van der Waals surface area contributed by atoms with Gasteiger partial charge in [-0.3, -0.25) is 0 Å². The first-order chi connectivity index (χ1) is 9.52. The van der Waals surface area contributed by atoms with Crippen molar-refractivity contribution in [3.05, 3.63) is 17.5 Å². The topological polar surface area (TPSA) is 50.3 Å². The Labute approximate surface area is 121 Å². The third kappa shape index (κ3) is 3.90. The molecule has 112 valence electrons. The molecule has 1 saturated heterocycles. The van der Waals surface area contributed by atoms with E-state index in [9.17, 15) is 0 Å². The molecule has 2 heterocycles. The zero-order valence-electron chi connectivity index (χ0n) is 13.1. The second kappa shape index (κ2) is 6.50.